The first-order valence-corrected chi connectivity index (χ1v) is 14.5. The number of morpholine rings is 1. The molecule has 1 aromatic carbocycles. The highest BCUT2D eigenvalue weighted by Crippen LogP contribution is 2.36. The van der Waals surface area contributed by atoms with Gasteiger partial charge in [-0.2, -0.15) is 0 Å². The van der Waals surface area contributed by atoms with Gasteiger partial charge in [0.05, 0.1) is 23.8 Å². The second kappa shape index (κ2) is 10.8. The van der Waals surface area contributed by atoms with Crippen LogP contribution in [0.15, 0.2) is 33.6 Å². The van der Waals surface area contributed by atoms with Gasteiger partial charge >= 0.3 is 0 Å². The third-order valence-electron chi connectivity index (χ3n) is 7.41. The van der Waals surface area contributed by atoms with E-state index in [4.69, 9.17) is 17.0 Å². The van der Waals surface area contributed by atoms with Gasteiger partial charge < -0.3 is 14.2 Å². The van der Waals surface area contributed by atoms with Crippen molar-refractivity contribution in [3.63, 3.8) is 0 Å². The predicted octanol–water partition coefficient (Wildman–Crippen LogP) is 6.47. The lowest BCUT2D eigenvalue weighted by molar-refractivity contribution is -0.122. The monoisotopic (exact) mass is 573 g/mol. The summed E-state index contributed by atoms with van der Waals surface area (Å²) in [5.74, 6) is 0.803. The van der Waals surface area contributed by atoms with E-state index in [9.17, 15) is 4.79 Å². The molecule has 3 fully saturated rings. The molecular weight excluding hydrogens is 542 g/mol. The number of carbonyl (C=O) groups is 1. The van der Waals surface area contributed by atoms with Crippen LogP contribution in [0.1, 0.15) is 49.1 Å². The van der Waals surface area contributed by atoms with Crippen molar-refractivity contribution in [2.45, 2.75) is 46.0 Å². The highest BCUT2D eigenvalue weighted by molar-refractivity contribution is 9.10. The number of hydrogen-bond donors (Lipinski definition) is 0. The lowest BCUT2D eigenvalue weighted by Crippen LogP contribution is -2.36. The van der Waals surface area contributed by atoms with Crippen LogP contribution in [0.25, 0.3) is 11.8 Å². The van der Waals surface area contributed by atoms with Gasteiger partial charge in [-0.3, -0.25) is 9.69 Å². The third-order valence-corrected chi connectivity index (χ3v) is 9.42. The Bertz CT molecular complexity index is 1160. The van der Waals surface area contributed by atoms with E-state index in [-0.39, 0.29) is 5.91 Å². The van der Waals surface area contributed by atoms with E-state index in [1.54, 1.807) is 0 Å². The van der Waals surface area contributed by atoms with Crippen LogP contribution >= 0.6 is 39.9 Å². The molecule has 3 heterocycles. The molecule has 0 spiro atoms. The van der Waals surface area contributed by atoms with E-state index in [1.807, 2.05) is 11.0 Å². The molecule has 8 heteroatoms. The van der Waals surface area contributed by atoms with E-state index < -0.39 is 0 Å². The average Bonchev–Trinajstić information content (AvgIpc) is 3.53. The summed E-state index contributed by atoms with van der Waals surface area (Å²) in [5.41, 5.74) is 5.61. The van der Waals surface area contributed by atoms with Crippen LogP contribution in [0.5, 0.6) is 0 Å². The number of thioether (sulfide) groups is 1. The number of anilines is 1. The maximum atomic E-state index is 13.2. The Hall–Kier alpha value is -1.61. The number of aryl methyl sites for hydroxylation is 1. The summed E-state index contributed by atoms with van der Waals surface area (Å²) in [7, 11) is 0. The lowest BCUT2D eigenvalue weighted by Gasteiger charge is -2.30. The molecule has 1 saturated carbocycles. The van der Waals surface area contributed by atoms with E-state index in [2.05, 4.69) is 63.5 Å². The molecule has 2 aromatic rings. The normalized spacial score (nSPS) is 20.6. The Kier molecular flexibility index (Phi) is 7.72. The van der Waals surface area contributed by atoms with Gasteiger partial charge in [0.2, 0.25) is 0 Å². The molecule has 1 aliphatic carbocycles. The molecule has 0 bridgehead atoms. The van der Waals surface area contributed by atoms with Gasteiger partial charge in [0.25, 0.3) is 5.91 Å². The number of thiocarbonyl (C=S) groups is 1. The first kappa shape index (κ1) is 25.1. The number of hydrogen-bond acceptors (Lipinski definition) is 5. The molecule has 5 rings (SSSR count). The summed E-state index contributed by atoms with van der Waals surface area (Å²) >= 11 is 10.8. The van der Waals surface area contributed by atoms with Gasteiger partial charge in [-0.25, -0.2) is 0 Å². The molecule has 0 radical (unpaired) electrons. The quantitative estimate of drug-likeness (QED) is 0.292. The van der Waals surface area contributed by atoms with Crippen LogP contribution in [0.3, 0.4) is 0 Å². The highest BCUT2D eigenvalue weighted by Gasteiger charge is 2.32. The molecule has 2 saturated heterocycles. The standard InChI is InChI=1S/C27H32BrN3O2S2/c1-18-15-21(16-25-26(32)30(27(34)35-25)10-9-20-5-3-4-6-20)19(2)31(18)22-7-8-24(23(28)17-22)29-11-13-33-14-12-29/h7-8,15-17,20H,3-6,9-14H2,1-2H3/b25-16-. The Morgan fingerprint density at radius 3 is 2.63 bits per heavy atom. The summed E-state index contributed by atoms with van der Waals surface area (Å²) in [4.78, 5) is 18.0. The lowest BCUT2D eigenvalue weighted by atomic mass is 10.0. The Morgan fingerprint density at radius 1 is 1.17 bits per heavy atom. The van der Waals surface area contributed by atoms with Gasteiger partial charge in [0, 0.05) is 41.2 Å². The second-order valence-electron chi connectivity index (χ2n) is 9.67. The predicted molar refractivity (Wildman–Crippen MR) is 152 cm³/mol. The topological polar surface area (TPSA) is 37.7 Å². The first-order chi connectivity index (χ1) is 16.9. The van der Waals surface area contributed by atoms with Gasteiger partial charge in [-0.1, -0.05) is 49.7 Å². The molecule has 1 amide bonds. The number of carbonyl (C=O) groups excluding carboxylic acids is 1. The third kappa shape index (κ3) is 5.26. The summed E-state index contributed by atoms with van der Waals surface area (Å²) in [6.07, 6.45) is 8.31. The number of aromatic nitrogens is 1. The van der Waals surface area contributed by atoms with Crippen molar-refractivity contribution < 1.29 is 9.53 Å². The van der Waals surface area contributed by atoms with Gasteiger partial charge in [0.15, 0.2) is 0 Å². The summed E-state index contributed by atoms with van der Waals surface area (Å²) in [6, 6.07) is 8.68. The molecule has 1 aromatic heterocycles. The van der Waals surface area contributed by atoms with E-state index in [1.165, 1.54) is 43.1 Å². The Balaban J connectivity index is 1.35. The largest absolute Gasteiger partial charge is 0.378 e. The van der Waals surface area contributed by atoms with Gasteiger partial charge in [-0.15, -0.1) is 0 Å². The van der Waals surface area contributed by atoms with Crippen molar-refractivity contribution in [1.82, 2.24) is 9.47 Å². The molecule has 35 heavy (non-hydrogen) atoms. The number of ether oxygens (including phenoxy) is 1. The number of nitrogens with zero attached hydrogens (tertiary/aromatic N) is 3. The van der Waals surface area contributed by atoms with Crippen molar-refractivity contribution in [1.29, 1.82) is 0 Å². The number of halogens is 1. The minimum absolute atomic E-state index is 0.0559. The molecule has 3 aliphatic rings. The van der Waals surface area contributed by atoms with Crippen molar-refractivity contribution >= 4 is 61.9 Å². The van der Waals surface area contributed by atoms with Crippen LogP contribution in [-0.4, -0.2) is 52.5 Å². The fourth-order valence-corrected chi connectivity index (χ4v) is 7.39. The van der Waals surface area contributed by atoms with Crippen molar-refractivity contribution in [2.24, 2.45) is 5.92 Å². The van der Waals surface area contributed by atoms with Crippen molar-refractivity contribution in [2.75, 3.05) is 37.7 Å². The minimum Gasteiger partial charge on any atom is -0.378 e. The minimum atomic E-state index is 0.0559. The molecule has 5 nitrogen and oxygen atoms in total. The van der Waals surface area contributed by atoms with Crippen LogP contribution in [-0.2, 0) is 9.53 Å². The number of benzene rings is 1. The van der Waals surface area contributed by atoms with Crippen LogP contribution in [0.2, 0.25) is 0 Å². The maximum Gasteiger partial charge on any atom is 0.266 e. The van der Waals surface area contributed by atoms with Crippen molar-refractivity contribution in [3.05, 3.63) is 50.6 Å². The molecular formula is C27H32BrN3O2S2. The van der Waals surface area contributed by atoms with Gasteiger partial charge in [0.1, 0.15) is 4.32 Å². The summed E-state index contributed by atoms with van der Waals surface area (Å²) < 4.78 is 9.52. The van der Waals surface area contributed by atoms with Crippen LogP contribution in [0.4, 0.5) is 5.69 Å². The number of rotatable bonds is 6. The fourth-order valence-electron chi connectivity index (χ4n) is 5.47. The average molecular weight is 575 g/mol. The van der Waals surface area contributed by atoms with E-state index >= 15 is 0 Å². The molecule has 0 unspecified atom stereocenters. The molecule has 2 aliphatic heterocycles. The first-order valence-electron chi connectivity index (χ1n) is 12.5. The summed E-state index contributed by atoms with van der Waals surface area (Å²) in [6.45, 7) is 8.31. The highest BCUT2D eigenvalue weighted by atomic mass is 79.9. The zero-order valence-electron chi connectivity index (χ0n) is 20.4. The molecule has 186 valence electrons. The van der Waals surface area contributed by atoms with Crippen LogP contribution in [0, 0.1) is 19.8 Å². The molecule has 0 N–H and O–H groups in total. The number of amides is 1. The van der Waals surface area contributed by atoms with Crippen LogP contribution < -0.4 is 4.90 Å². The maximum absolute atomic E-state index is 13.2. The SMILES string of the molecule is Cc1cc(/C=C2\SC(=S)N(CCC3CCCC3)C2=O)c(C)n1-c1ccc(N2CCOCC2)c(Br)c1. The molecule has 0 atom stereocenters. The zero-order chi connectivity index (χ0) is 24.5. The smallest absolute Gasteiger partial charge is 0.266 e. The fraction of sp³-hybridized carbons (Fsp3) is 0.481. The summed E-state index contributed by atoms with van der Waals surface area (Å²) in [5, 5.41) is 0. The van der Waals surface area contributed by atoms with Crippen molar-refractivity contribution in [3.8, 4) is 5.69 Å². The van der Waals surface area contributed by atoms with E-state index in [0.29, 0.717) is 4.32 Å². The Labute approximate surface area is 226 Å². The van der Waals surface area contributed by atoms with Gasteiger partial charge in [-0.05, 0) is 78.0 Å². The Morgan fingerprint density at radius 2 is 1.91 bits per heavy atom. The zero-order valence-corrected chi connectivity index (χ0v) is 23.6. The van der Waals surface area contributed by atoms with E-state index in [0.717, 1.165) is 77.2 Å². The second-order valence-corrected chi connectivity index (χ2v) is 12.2.